The number of halogens is 1. The molecule has 0 unspecified atom stereocenters. The topological polar surface area (TPSA) is 56.6 Å². The van der Waals surface area contributed by atoms with Crippen LogP contribution >= 0.6 is 34.9 Å². The molecule has 3 aromatic rings. The maximum Gasteiger partial charge on any atom is 0.212 e. The molecule has 0 radical (unpaired) electrons. The number of rotatable bonds is 1. The Kier molecular flexibility index (Phi) is 3.37. The van der Waals surface area contributed by atoms with Gasteiger partial charge in [0, 0.05) is 33.4 Å². The predicted molar refractivity (Wildman–Crippen MR) is 95.5 cm³/mol. The number of thiophene rings is 1. The molecule has 0 bridgehead atoms. The Balaban J connectivity index is 1.60. The van der Waals surface area contributed by atoms with Gasteiger partial charge in [-0.1, -0.05) is 11.6 Å². The van der Waals surface area contributed by atoms with Crippen molar-refractivity contribution in [3.8, 4) is 5.75 Å². The first kappa shape index (κ1) is 13.8. The van der Waals surface area contributed by atoms with Crippen LogP contribution in [0.5, 0.6) is 5.75 Å². The lowest BCUT2D eigenvalue weighted by Crippen LogP contribution is -2.23. The van der Waals surface area contributed by atoms with Crippen molar-refractivity contribution < 1.29 is 5.11 Å². The highest BCUT2D eigenvalue weighted by Gasteiger charge is 2.17. The highest BCUT2D eigenvalue weighted by molar-refractivity contribution is 7.98. The van der Waals surface area contributed by atoms with Gasteiger partial charge in [0.05, 0.1) is 10.6 Å². The molecule has 0 fully saturated rings. The zero-order chi connectivity index (χ0) is 15.1. The molecule has 4 rings (SSSR count). The van der Waals surface area contributed by atoms with Crippen molar-refractivity contribution in [3.05, 3.63) is 46.8 Å². The lowest BCUT2D eigenvalue weighted by molar-refractivity contribution is 0.476. The Morgan fingerprint density at radius 1 is 1.18 bits per heavy atom. The van der Waals surface area contributed by atoms with Gasteiger partial charge >= 0.3 is 0 Å². The van der Waals surface area contributed by atoms with Gasteiger partial charge in [-0.25, -0.2) is 0 Å². The number of fused-ring (bicyclic) bond motifs is 2. The molecule has 0 saturated carbocycles. The molecule has 1 aromatic heterocycles. The quantitative estimate of drug-likeness (QED) is 0.420. The number of hydrogen-bond acceptors (Lipinski definition) is 6. The third-order valence-electron chi connectivity index (χ3n) is 3.24. The third-order valence-corrected chi connectivity index (χ3v) is 5.15. The van der Waals surface area contributed by atoms with Crippen LogP contribution in [0.15, 0.2) is 51.1 Å². The molecule has 1 aliphatic rings. The van der Waals surface area contributed by atoms with E-state index in [9.17, 15) is 5.11 Å². The molecule has 7 heteroatoms. The average molecular weight is 348 g/mol. The summed E-state index contributed by atoms with van der Waals surface area (Å²) in [6.07, 6.45) is 0. The SMILES string of the molecule is Oc1cc(Cl)cc2c1NC(Nc1ccc3sccc3c1)=NS2. The molecular formula is C15H10ClN3OS2. The van der Waals surface area contributed by atoms with E-state index >= 15 is 0 Å². The molecular weight excluding hydrogens is 338 g/mol. The Bertz CT molecular complexity index is 907. The maximum atomic E-state index is 9.99. The predicted octanol–water partition coefficient (Wildman–Crippen LogP) is 5.16. The number of guanidine groups is 1. The lowest BCUT2D eigenvalue weighted by atomic mass is 10.2. The molecule has 0 saturated heterocycles. The summed E-state index contributed by atoms with van der Waals surface area (Å²) in [5, 5.41) is 20.1. The summed E-state index contributed by atoms with van der Waals surface area (Å²) in [4.78, 5) is 0.795. The number of phenols is 1. The van der Waals surface area contributed by atoms with Crippen molar-refractivity contribution in [1.29, 1.82) is 0 Å². The summed E-state index contributed by atoms with van der Waals surface area (Å²) in [6, 6.07) is 11.5. The molecule has 110 valence electrons. The first-order valence-electron chi connectivity index (χ1n) is 6.48. The second kappa shape index (κ2) is 5.39. The molecule has 2 heterocycles. The Morgan fingerprint density at radius 2 is 2.09 bits per heavy atom. The van der Waals surface area contributed by atoms with Crippen molar-refractivity contribution in [1.82, 2.24) is 0 Å². The maximum absolute atomic E-state index is 9.99. The van der Waals surface area contributed by atoms with E-state index in [0.29, 0.717) is 16.7 Å². The van der Waals surface area contributed by atoms with Gasteiger partial charge in [-0.3, -0.25) is 0 Å². The average Bonchev–Trinajstić information content (AvgIpc) is 2.95. The van der Waals surface area contributed by atoms with Crippen LogP contribution < -0.4 is 10.6 Å². The Morgan fingerprint density at radius 3 is 3.00 bits per heavy atom. The molecule has 2 aromatic carbocycles. The normalized spacial score (nSPS) is 13.4. The first-order valence-corrected chi connectivity index (χ1v) is 8.51. The fourth-order valence-corrected chi connectivity index (χ4v) is 3.99. The zero-order valence-corrected chi connectivity index (χ0v) is 13.5. The monoisotopic (exact) mass is 347 g/mol. The van der Waals surface area contributed by atoms with E-state index in [1.165, 1.54) is 28.1 Å². The minimum Gasteiger partial charge on any atom is -0.506 e. The van der Waals surface area contributed by atoms with Crippen LogP contribution in [0.1, 0.15) is 0 Å². The van der Waals surface area contributed by atoms with E-state index in [1.807, 2.05) is 6.07 Å². The van der Waals surface area contributed by atoms with Crippen LogP contribution in [-0.2, 0) is 0 Å². The number of phenolic OH excluding ortho intramolecular Hbond substituents is 1. The fraction of sp³-hybridized carbons (Fsp3) is 0. The summed E-state index contributed by atoms with van der Waals surface area (Å²) in [7, 11) is 0. The second-order valence-corrected chi connectivity index (χ2v) is 6.94. The summed E-state index contributed by atoms with van der Waals surface area (Å²) in [5.41, 5.74) is 1.55. The van der Waals surface area contributed by atoms with Crippen molar-refractivity contribution in [2.24, 2.45) is 4.40 Å². The van der Waals surface area contributed by atoms with E-state index in [-0.39, 0.29) is 5.75 Å². The number of nitrogens with zero attached hydrogens (tertiary/aromatic N) is 1. The van der Waals surface area contributed by atoms with E-state index in [1.54, 1.807) is 17.4 Å². The van der Waals surface area contributed by atoms with Crippen molar-refractivity contribution in [3.63, 3.8) is 0 Å². The smallest absolute Gasteiger partial charge is 0.212 e. The van der Waals surface area contributed by atoms with Gasteiger partial charge in [0.15, 0.2) is 0 Å². The van der Waals surface area contributed by atoms with Gasteiger partial charge in [0.1, 0.15) is 5.75 Å². The van der Waals surface area contributed by atoms with Gasteiger partial charge in [-0.05, 0) is 41.1 Å². The number of aromatic hydroxyl groups is 1. The molecule has 22 heavy (non-hydrogen) atoms. The van der Waals surface area contributed by atoms with Gasteiger partial charge < -0.3 is 15.7 Å². The highest BCUT2D eigenvalue weighted by Crippen LogP contribution is 2.40. The van der Waals surface area contributed by atoms with Crippen LogP contribution in [-0.4, -0.2) is 11.1 Å². The third kappa shape index (κ3) is 2.49. The summed E-state index contributed by atoms with van der Waals surface area (Å²) < 4.78 is 5.61. The minimum absolute atomic E-state index is 0.109. The molecule has 3 N–H and O–H groups in total. The van der Waals surface area contributed by atoms with Gasteiger partial charge in [0.25, 0.3) is 0 Å². The van der Waals surface area contributed by atoms with E-state index in [2.05, 4.69) is 38.6 Å². The number of nitrogens with one attached hydrogen (secondary N) is 2. The number of benzene rings is 2. The number of anilines is 2. The van der Waals surface area contributed by atoms with Crippen molar-refractivity contribution in [2.45, 2.75) is 4.90 Å². The van der Waals surface area contributed by atoms with Crippen LogP contribution in [0.4, 0.5) is 11.4 Å². The molecule has 1 aliphatic heterocycles. The van der Waals surface area contributed by atoms with E-state index in [4.69, 9.17) is 11.6 Å². The molecule has 0 spiro atoms. The molecule has 0 atom stereocenters. The van der Waals surface area contributed by atoms with Gasteiger partial charge in [-0.2, -0.15) is 4.40 Å². The Labute approximate surface area is 140 Å². The van der Waals surface area contributed by atoms with Crippen LogP contribution in [0.3, 0.4) is 0 Å². The van der Waals surface area contributed by atoms with Gasteiger partial charge in [0.2, 0.25) is 5.96 Å². The Hall–Kier alpha value is -1.89. The largest absolute Gasteiger partial charge is 0.506 e. The summed E-state index contributed by atoms with van der Waals surface area (Å²) in [5.74, 6) is 0.683. The van der Waals surface area contributed by atoms with E-state index < -0.39 is 0 Å². The molecule has 0 amide bonds. The van der Waals surface area contributed by atoms with Crippen molar-refractivity contribution in [2.75, 3.05) is 10.6 Å². The fourth-order valence-electron chi connectivity index (χ4n) is 2.24. The van der Waals surface area contributed by atoms with Crippen LogP contribution in [0, 0.1) is 0 Å². The van der Waals surface area contributed by atoms with Crippen LogP contribution in [0.25, 0.3) is 10.1 Å². The van der Waals surface area contributed by atoms with Crippen LogP contribution in [0.2, 0.25) is 5.02 Å². The molecule has 0 aliphatic carbocycles. The van der Waals surface area contributed by atoms with E-state index in [0.717, 1.165) is 10.6 Å². The highest BCUT2D eigenvalue weighted by atomic mass is 35.5. The first-order chi connectivity index (χ1) is 10.7. The van der Waals surface area contributed by atoms with Crippen molar-refractivity contribution >= 4 is 62.3 Å². The summed E-state index contributed by atoms with van der Waals surface area (Å²) >= 11 is 8.91. The summed E-state index contributed by atoms with van der Waals surface area (Å²) in [6.45, 7) is 0. The van der Waals surface area contributed by atoms with Gasteiger partial charge in [-0.15, -0.1) is 11.3 Å². The standard InChI is InChI=1S/C15H10ClN3OS2/c16-9-6-11(20)14-13(7-9)22-19-15(18-14)17-10-1-2-12-8(5-10)3-4-21-12/h1-7,20H,(H2,17,18,19). The second-order valence-electron chi connectivity index (χ2n) is 4.75. The lowest BCUT2D eigenvalue weighted by Gasteiger charge is -2.19. The minimum atomic E-state index is 0.109. The number of hydrogen-bond donors (Lipinski definition) is 3. The zero-order valence-electron chi connectivity index (χ0n) is 11.1. The molecule has 4 nitrogen and oxygen atoms in total.